The highest BCUT2D eigenvalue weighted by molar-refractivity contribution is 6.35. The van der Waals surface area contributed by atoms with Crippen LogP contribution in [0.4, 0.5) is 11.4 Å². The number of anilines is 1. The maximum atomic E-state index is 10.8. The smallest absolute Gasteiger partial charge is 0.271 e. The summed E-state index contributed by atoms with van der Waals surface area (Å²) in [5, 5.41) is 19.0. The van der Waals surface area contributed by atoms with Crippen molar-refractivity contribution in [3.63, 3.8) is 0 Å². The van der Waals surface area contributed by atoms with Crippen LogP contribution in [-0.2, 0) is 13.2 Å². The molecule has 0 aliphatic carbocycles. The standard InChI is InChI=1S/C23H21Cl4N3O4/c1-33-22-9-14(8-20(27)23(22)34-13-15-2-3-16(24)10-18(15)25)12-28-6-7-29-21-5-4-17(30(31)32)11-19(21)26/h2-5,8-11,28-29H,6-7,12-13H2,1H3. The highest BCUT2D eigenvalue weighted by Gasteiger charge is 2.14. The van der Waals surface area contributed by atoms with E-state index < -0.39 is 4.92 Å². The fourth-order valence-corrected chi connectivity index (χ4v) is 4.08. The quantitative estimate of drug-likeness (QED) is 0.153. The van der Waals surface area contributed by atoms with Gasteiger partial charge < -0.3 is 20.1 Å². The number of nitro benzene ring substituents is 1. The molecule has 34 heavy (non-hydrogen) atoms. The van der Waals surface area contributed by atoms with Crippen molar-refractivity contribution in [1.82, 2.24) is 5.32 Å². The van der Waals surface area contributed by atoms with Crippen LogP contribution in [-0.4, -0.2) is 25.1 Å². The van der Waals surface area contributed by atoms with Gasteiger partial charge in [-0.3, -0.25) is 10.1 Å². The number of halogens is 4. The second-order valence-electron chi connectivity index (χ2n) is 7.16. The van der Waals surface area contributed by atoms with Gasteiger partial charge in [0.15, 0.2) is 11.5 Å². The van der Waals surface area contributed by atoms with Crippen LogP contribution in [0.3, 0.4) is 0 Å². The van der Waals surface area contributed by atoms with Crippen LogP contribution in [0.2, 0.25) is 20.1 Å². The second-order valence-corrected chi connectivity index (χ2v) is 8.82. The Bertz CT molecular complexity index is 1180. The third-order valence-corrected chi connectivity index (χ3v) is 5.97. The molecule has 0 aliphatic rings. The van der Waals surface area contributed by atoms with Gasteiger partial charge >= 0.3 is 0 Å². The van der Waals surface area contributed by atoms with Crippen molar-refractivity contribution >= 4 is 57.8 Å². The largest absolute Gasteiger partial charge is 0.493 e. The molecule has 0 unspecified atom stereocenters. The molecule has 0 aliphatic heterocycles. The SMILES string of the molecule is COc1cc(CNCCNc2ccc([N+](=O)[O-])cc2Cl)cc(Cl)c1OCc1ccc(Cl)cc1Cl. The van der Waals surface area contributed by atoms with E-state index in [0.717, 1.165) is 11.1 Å². The molecule has 0 heterocycles. The lowest BCUT2D eigenvalue weighted by atomic mass is 10.2. The maximum absolute atomic E-state index is 10.8. The number of nitrogens with zero attached hydrogens (tertiary/aromatic N) is 1. The Balaban J connectivity index is 1.53. The molecule has 0 atom stereocenters. The first-order chi connectivity index (χ1) is 16.3. The van der Waals surface area contributed by atoms with Gasteiger partial charge in [-0.25, -0.2) is 0 Å². The summed E-state index contributed by atoms with van der Waals surface area (Å²) in [6.45, 7) is 1.92. The number of methoxy groups -OCH3 is 1. The Labute approximate surface area is 217 Å². The number of nitro groups is 1. The minimum absolute atomic E-state index is 0.0526. The van der Waals surface area contributed by atoms with Gasteiger partial charge in [0.25, 0.3) is 5.69 Å². The van der Waals surface area contributed by atoms with Crippen molar-refractivity contribution in [1.29, 1.82) is 0 Å². The summed E-state index contributed by atoms with van der Waals surface area (Å²) in [7, 11) is 1.54. The number of non-ortho nitro benzene ring substituents is 1. The molecule has 0 saturated carbocycles. The van der Waals surface area contributed by atoms with Crippen LogP contribution in [0.15, 0.2) is 48.5 Å². The average molecular weight is 545 g/mol. The van der Waals surface area contributed by atoms with Gasteiger partial charge in [-0.2, -0.15) is 0 Å². The summed E-state index contributed by atoms with van der Waals surface area (Å²) in [4.78, 5) is 10.3. The normalized spacial score (nSPS) is 10.7. The Morgan fingerprint density at radius 3 is 2.41 bits per heavy atom. The van der Waals surface area contributed by atoms with E-state index in [0.29, 0.717) is 56.9 Å². The Kier molecular flexibility index (Phi) is 9.50. The summed E-state index contributed by atoms with van der Waals surface area (Å²) in [5.74, 6) is 0.929. The van der Waals surface area contributed by atoms with E-state index in [1.807, 2.05) is 6.07 Å². The lowest BCUT2D eigenvalue weighted by molar-refractivity contribution is -0.384. The fourth-order valence-electron chi connectivity index (χ4n) is 3.08. The maximum Gasteiger partial charge on any atom is 0.271 e. The molecule has 0 radical (unpaired) electrons. The number of hydrogen-bond donors (Lipinski definition) is 2. The lowest BCUT2D eigenvalue weighted by Gasteiger charge is -2.15. The number of ether oxygens (including phenoxy) is 2. The predicted octanol–water partition coefficient (Wildman–Crippen LogP) is 7.00. The first kappa shape index (κ1) is 26.2. The van der Waals surface area contributed by atoms with Gasteiger partial charge in [-0.15, -0.1) is 0 Å². The number of rotatable bonds is 11. The zero-order chi connectivity index (χ0) is 24.7. The summed E-state index contributed by atoms with van der Waals surface area (Å²) < 4.78 is 11.3. The van der Waals surface area contributed by atoms with E-state index in [2.05, 4.69) is 10.6 Å². The van der Waals surface area contributed by atoms with Crippen molar-refractivity contribution in [3.8, 4) is 11.5 Å². The highest BCUT2D eigenvalue weighted by Crippen LogP contribution is 2.37. The van der Waals surface area contributed by atoms with Crippen molar-refractivity contribution in [2.45, 2.75) is 13.2 Å². The predicted molar refractivity (Wildman–Crippen MR) is 137 cm³/mol. The van der Waals surface area contributed by atoms with E-state index in [1.165, 1.54) is 12.1 Å². The minimum Gasteiger partial charge on any atom is -0.493 e. The minimum atomic E-state index is -0.486. The van der Waals surface area contributed by atoms with Crippen molar-refractivity contribution in [2.75, 3.05) is 25.5 Å². The first-order valence-corrected chi connectivity index (χ1v) is 11.6. The summed E-state index contributed by atoms with van der Waals surface area (Å²) in [5.41, 5.74) is 2.26. The summed E-state index contributed by atoms with van der Waals surface area (Å²) >= 11 is 24.7. The molecule has 3 aromatic carbocycles. The molecule has 180 valence electrons. The van der Waals surface area contributed by atoms with Crippen molar-refractivity contribution in [2.24, 2.45) is 0 Å². The van der Waals surface area contributed by atoms with Crippen molar-refractivity contribution < 1.29 is 14.4 Å². The molecule has 0 bridgehead atoms. The molecule has 0 aromatic heterocycles. The van der Waals surface area contributed by atoms with Gasteiger partial charge in [0.2, 0.25) is 0 Å². The molecule has 0 saturated heterocycles. The van der Waals surface area contributed by atoms with E-state index in [-0.39, 0.29) is 12.3 Å². The zero-order valence-electron chi connectivity index (χ0n) is 18.0. The molecule has 2 N–H and O–H groups in total. The third-order valence-electron chi connectivity index (χ3n) is 4.79. The monoisotopic (exact) mass is 543 g/mol. The third kappa shape index (κ3) is 7.04. The Morgan fingerprint density at radius 1 is 0.941 bits per heavy atom. The van der Waals surface area contributed by atoms with Gasteiger partial charge in [0.1, 0.15) is 6.61 Å². The van der Waals surface area contributed by atoms with Crippen LogP contribution < -0.4 is 20.1 Å². The molecule has 0 fully saturated rings. The number of hydrogen-bond acceptors (Lipinski definition) is 6. The van der Waals surface area contributed by atoms with Crippen LogP contribution >= 0.6 is 46.4 Å². The van der Waals surface area contributed by atoms with Crippen LogP contribution in [0, 0.1) is 10.1 Å². The number of nitrogens with one attached hydrogen (secondary N) is 2. The van der Waals surface area contributed by atoms with Gasteiger partial charge in [0.05, 0.1) is 27.8 Å². The Hall–Kier alpha value is -2.42. The molecule has 3 aromatic rings. The van der Waals surface area contributed by atoms with E-state index in [1.54, 1.807) is 37.4 Å². The molecule has 7 nitrogen and oxygen atoms in total. The van der Waals surface area contributed by atoms with Gasteiger partial charge in [-0.1, -0.05) is 52.5 Å². The van der Waals surface area contributed by atoms with E-state index in [4.69, 9.17) is 55.9 Å². The molecule has 0 spiro atoms. The van der Waals surface area contributed by atoms with Gasteiger partial charge in [-0.05, 0) is 35.9 Å². The molecule has 3 rings (SSSR count). The first-order valence-electron chi connectivity index (χ1n) is 10.1. The van der Waals surface area contributed by atoms with Crippen LogP contribution in [0.25, 0.3) is 0 Å². The topological polar surface area (TPSA) is 85.7 Å². The highest BCUT2D eigenvalue weighted by atomic mass is 35.5. The van der Waals surface area contributed by atoms with Crippen LogP contribution in [0.1, 0.15) is 11.1 Å². The fraction of sp³-hybridized carbons (Fsp3) is 0.217. The molecule has 11 heteroatoms. The molecular weight excluding hydrogens is 524 g/mol. The zero-order valence-corrected chi connectivity index (χ0v) is 21.1. The summed E-state index contributed by atoms with van der Waals surface area (Å²) in [6.07, 6.45) is 0. The number of benzene rings is 3. The van der Waals surface area contributed by atoms with Crippen molar-refractivity contribution in [3.05, 3.63) is 89.9 Å². The van der Waals surface area contributed by atoms with E-state index in [9.17, 15) is 10.1 Å². The molecule has 0 amide bonds. The summed E-state index contributed by atoms with van der Waals surface area (Å²) in [6, 6.07) is 13.1. The van der Waals surface area contributed by atoms with E-state index >= 15 is 0 Å². The average Bonchev–Trinajstić information content (AvgIpc) is 2.79. The second kappa shape index (κ2) is 12.3. The Morgan fingerprint density at radius 2 is 1.74 bits per heavy atom. The molecular formula is C23H21Cl4N3O4. The van der Waals surface area contributed by atoms with Crippen LogP contribution in [0.5, 0.6) is 11.5 Å². The van der Waals surface area contributed by atoms with Gasteiger partial charge in [0, 0.05) is 47.4 Å². The lowest BCUT2D eigenvalue weighted by Crippen LogP contribution is -2.22.